The minimum Gasteiger partial charge on any atom is -0.320 e. The molecule has 1 amide bonds. The SMILES string of the molecule is Cc1cc(NC(=O)[C@@H](N)C(C)C)nn1-c1cccc(Cl)c1. The molecule has 0 saturated heterocycles. The van der Waals surface area contributed by atoms with Gasteiger partial charge in [-0.3, -0.25) is 4.79 Å². The summed E-state index contributed by atoms with van der Waals surface area (Å²) in [6, 6.07) is 8.61. The molecule has 0 radical (unpaired) electrons. The van der Waals surface area contributed by atoms with Gasteiger partial charge in [0, 0.05) is 16.8 Å². The molecule has 1 atom stereocenters. The number of hydrogen-bond acceptors (Lipinski definition) is 3. The van der Waals surface area contributed by atoms with Crippen molar-refractivity contribution in [1.29, 1.82) is 0 Å². The maximum atomic E-state index is 12.0. The number of amides is 1. The van der Waals surface area contributed by atoms with Gasteiger partial charge >= 0.3 is 0 Å². The average Bonchev–Trinajstić information content (AvgIpc) is 2.78. The lowest BCUT2D eigenvalue weighted by Gasteiger charge is -2.13. The van der Waals surface area contributed by atoms with Gasteiger partial charge in [-0.2, -0.15) is 0 Å². The van der Waals surface area contributed by atoms with Gasteiger partial charge in [0.15, 0.2) is 5.82 Å². The molecule has 112 valence electrons. The van der Waals surface area contributed by atoms with Crippen molar-refractivity contribution in [2.24, 2.45) is 11.7 Å². The van der Waals surface area contributed by atoms with Gasteiger partial charge in [-0.05, 0) is 31.0 Å². The summed E-state index contributed by atoms with van der Waals surface area (Å²) in [5, 5.41) is 7.75. The van der Waals surface area contributed by atoms with Crippen molar-refractivity contribution in [2.45, 2.75) is 26.8 Å². The third kappa shape index (κ3) is 3.62. The fourth-order valence-corrected chi connectivity index (χ4v) is 2.10. The predicted octanol–water partition coefficient (Wildman–Crippen LogP) is 2.76. The van der Waals surface area contributed by atoms with Crippen LogP contribution < -0.4 is 11.1 Å². The number of rotatable bonds is 4. The van der Waals surface area contributed by atoms with Crippen molar-refractivity contribution in [2.75, 3.05) is 5.32 Å². The second-order valence-electron chi connectivity index (χ2n) is 5.32. The molecule has 1 aromatic heterocycles. The number of nitrogens with zero attached hydrogens (tertiary/aromatic N) is 2. The van der Waals surface area contributed by atoms with E-state index < -0.39 is 6.04 Å². The van der Waals surface area contributed by atoms with E-state index in [1.165, 1.54) is 0 Å². The van der Waals surface area contributed by atoms with E-state index in [1.54, 1.807) is 16.8 Å². The van der Waals surface area contributed by atoms with Crippen molar-refractivity contribution >= 4 is 23.3 Å². The number of hydrogen-bond donors (Lipinski definition) is 2. The lowest BCUT2D eigenvalue weighted by atomic mass is 10.1. The van der Waals surface area contributed by atoms with Crippen LogP contribution in [-0.4, -0.2) is 21.7 Å². The van der Waals surface area contributed by atoms with Crippen LogP contribution in [-0.2, 0) is 4.79 Å². The predicted molar refractivity (Wildman–Crippen MR) is 84.8 cm³/mol. The highest BCUT2D eigenvalue weighted by atomic mass is 35.5. The van der Waals surface area contributed by atoms with Crippen molar-refractivity contribution in [3.63, 3.8) is 0 Å². The van der Waals surface area contributed by atoms with Gasteiger partial charge in [0.25, 0.3) is 0 Å². The first-order chi connectivity index (χ1) is 9.88. The smallest absolute Gasteiger partial charge is 0.242 e. The van der Waals surface area contributed by atoms with Crippen molar-refractivity contribution in [3.8, 4) is 5.69 Å². The number of carbonyl (C=O) groups excluding carboxylic acids is 1. The Kier molecular flexibility index (Phi) is 4.65. The fraction of sp³-hybridized carbons (Fsp3) is 0.333. The number of halogens is 1. The van der Waals surface area contributed by atoms with Crippen molar-refractivity contribution in [1.82, 2.24) is 9.78 Å². The van der Waals surface area contributed by atoms with E-state index in [0.29, 0.717) is 10.8 Å². The Bertz CT molecular complexity index is 651. The van der Waals surface area contributed by atoms with Crippen LogP contribution >= 0.6 is 11.6 Å². The van der Waals surface area contributed by atoms with Crippen LogP contribution in [0.2, 0.25) is 5.02 Å². The summed E-state index contributed by atoms with van der Waals surface area (Å²) >= 11 is 5.99. The molecular formula is C15H19ClN4O. The number of aromatic nitrogens is 2. The Hall–Kier alpha value is -1.85. The first-order valence-electron chi connectivity index (χ1n) is 6.77. The molecule has 2 rings (SSSR count). The highest BCUT2D eigenvalue weighted by molar-refractivity contribution is 6.30. The number of benzene rings is 1. The van der Waals surface area contributed by atoms with Crippen LogP contribution in [0.4, 0.5) is 5.82 Å². The van der Waals surface area contributed by atoms with E-state index >= 15 is 0 Å². The van der Waals surface area contributed by atoms with Crippen LogP contribution in [0, 0.1) is 12.8 Å². The Morgan fingerprint density at radius 3 is 2.71 bits per heavy atom. The van der Waals surface area contributed by atoms with E-state index in [4.69, 9.17) is 17.3 Å². The number of aryl methyl sites for hydroxylation is 1. The third-order valence-electron chi connectivity index (χ3n) is 3.21. The van der Waals surface area contributed by atoms with Crippen LogP contribution in [0.25, 0.3) is 5.69 Å². The van der Waals surface area contributed by atoms with E-state index in [9.17, 15) is 4.79 Å². The number of anilines is 1. The molecule has 21 heavy (non-hydrogen) atoms. The highest BCUT2D eigenvalue weighted by Crippen LogP contribution is 2.18. The van der Waals surface area contributed by atoms with Crippen molar-refractivity contribution < 1.29 is 4.79 Å². The van der Waals surface area contributed by atoms with E-state index in [1.807, 2.05) is 39.0 Å². The molecule has 3 N–H and O–H groups in total. The molecule has 1 heterocycles. The highest BCUT2D eigenvalue weighted by Gasteiger charge is 2.18. The Morgan fingerprint density at radius 2 is 2.10 bits per heavy atom. The molecule has 6 heteroatoms. The second kappa shape index (κ2) is 6.28. The normalized spacial score (nSPS) is 12.5. The third-order valence-corrected chi connectivity index (χ3v) is 3.45. The summed E-state index contributed by atoms with van der Waals surface area (Å²) in [7, 11) is 0. The molecule has 0 aliphatic rings. The first kappa shape index (κ1) is 15.5. The van der Waals surface area contributed by atoms with Crippen LogP contribution in [0.15, 0.2) is 30.3 Å². The summed E-state index contributed by atoms with van der Waals surface area (Å²) in [6.07, 6.45) is 0. The fourth-order valence-electron chi connectivity index (χ4n) is 1.92. The van der Waals surface area contributed by atoms with Gasteiger partial charge in [0.05, 0.1) is 11.7 Å². The molecule has 2 aromatic rings. The topological polar surface area (TPSA) is 72.9 Å². The maximum Gasteiger partial charge on any atom is 0.242 e. The Labute approximate surface area is 129 Å². The number of nitrogens with two attached hydrogens (primary N) is 1. The number of carbonyl (C=O) groups is 1. The van der Waals surface area contributed by atoms with Gasteiger partial charge in [-0.1, -0.05) is 31.5 Å². The van der Waals surface area contributed by atoms with Gasteiger partial charge in [-0.25, -0.2) is 4.68 Å². The first-order valence-corrected chi connectivity index (χ1v) is 7.15. The zero-order valence-electron chi connectivity index (χ0n) is 12.3. The Morgan fingerprint density at radius 1 is 1.38 bits per heavy atom. The summed E-state index contributed by atoms with van der Waals surface area (Å²) in [4.78, 5) is 12.0. The van der Waals surface area contributed by atoms with Gasteiger partial charge in [-0.15, -0.1) is 5.10 Å². The van der Waals surface area contributed by atoms with Gasteiger partial charge < -0.3 is 11.1 Å². The number of nitrogens with one attached hydrogen (secondary N) is 1. The average molecular weight is 307 g/mol. The molecule has 0 saturated carbocycles. The molecular weight excluding hydrogens is 288 g/mol. The molecule has 0 spiro atoms. The van der Waals surface area contributed by atoms with Gasteiger partial charge in [0.2, 0.25) is 5.91 Å². The molecule has 1 aromatic carbocycles. The molecule has 0 aliphatic carbocycles. The van der Waals surface area contributed by atoms with Crippen LogP contribution in [0.1, 0.15) is 19.5 Å². The summed E-state index contributed by atoms with van der Waals surface area (Å²) < 4.78 is 1.72. The molecule has 0 aliphatic heterocycles. The van der Waals surface area contributed by atoms with E-state index in [2.05, 4.69) is 10.4 Å². The minimum atomic E-state index is -0.554. The van der Waals surface area contributed by atoms with Crippen LogP contribution in [0.3, 0.4) is 0 Å². The zero-order chi connectivity index (χ0) is 15.6. The summed E-state index contributed by atoms with van der Waals surface area (Å²) in [6.45, 7) is 5.71. The van der Waals surface area contributed by atoms with Crippen molar-refractivity contribution in [3.05, 3.63) is 41.0 Å². The summed E-state index contributed by atoms with van der Waals surface area (Å²) in [5.41, 5.74) is 7.56. The molecule has 5 nitrogen and oxygen atoms in total. The standard InChI is InChI=1S/C15H19ClN4O/c1-9(2)14(17)15(21)18-13-7-10(3)20(19-13)12-6-4-5-11(16)8-12/h4-9,14H,17H2,1-3H3,(H,18,19,21)/t14-/m0/s1. The Balaban J connectivity index is 2.22. The van der Waals surface area contributed by atoms with E-state index in [-0.39, 0.29) is 11.8 Å². The molecule has 0 fully saturated rings. The quantitative estimate of drug-likeness (QED) is 0.912. The van der Waals surface area contributed by atoms with Gasteiger partial charge in [0.1, 0.15) is 0 Å². The minimum absolute atomic E-state index is 0.0705. The maximum absolute atomic E-state index is 12.0. The molecule has 0 unspecified atom stereocenters. The van der Waals surface area contributed by atoms with E-state index in [0.717, 1.165) is 11.4 Å². The largest absolute Gasteiger partial charge is 0.320 e. The second-order valence-corrected chi connectivity index (χ2v) is 5.76. The molecule has 0 bridgehead atoms. The zero-order valence-corrected chi connectivity index (χ0v) is 13.1. The summed E-state index contributed by atoms with van der Waals surface area (Å²) in [5.74, 6) is 0.315. The lowest BCUT2D eigenvalue weighted by Crippen LogP contribution is -2.39. The van der Waals surface area contributed by atoms with Crippen LogP contribution in [0.5, 0.6) is 0 Å². The monoisotopic (exact) mass is 306 g/mol. The lowest BCUT2D eigenvalue weighted by molar-refractivity contribution is -0.118.